The first-order chi connectivity index (χ1) is 19.2. The van der Waals surface area contributed by atoms with Gasteiger partial charge in [0.15, 0.2) is 0 Å². The van der Waals surface area contributed by atoms with Gasteiger partial charge in [-0.05, 0) is 74.0 Å². The molecule has 0 aliphatic heterocycles. The summed E-state index contributed by atoms with van der Waals surface area (Å²) < 4.78 is 0. The van der Waals surface area contributed by atoms with E-state index in [0.29, 0.717) is 16.2 Å². The third-order valence-corrected chi connectivity index (χ3v) is 6.92. The van der Waals surface area contributed by atoms with E-state index in [-0.39, 0.29) is 45.5 Å². The molecule has 0 aromatic carbocycles. The van der Waals surface area contributed by atoms with Crippen LogP contribution in [0, 0.1) is 16.2 Å². The van der Waals surface area contributed by atoms with Gasteiger partial charge in [-0.15, -0.1) is 0 Å². The molecule has 0 spiro atoms. The maximum absolute atomic E-state index is 10.1. The summed E-state index contributed by atoms with van der Waals surface area (Å²) in [5, 5.41) is 30.3. The number of carboxylic acid groups (broad SMARTS) is 3. The maximum atomic E-state index is 10.1. The van der Waals surface area contributed by atoms with Gasteiger partial charge in [0.05, 0.1) is 0 Å². The SMILES string of the molecule is CC(C)(C)CCCCCCCC(=O)[O-].CC(C)(C)CCCCCCCC(=O)[O-].CC(C)(C)CCCCCCCC(=O)[O-].[Bi+3]. The topological polar surface area (TPSA) is 120 Å². The quantitative estimate of drug-likeness (QED) is 0.0898. The molecule has 0 fully saturated rings. The van der Waals surface area contributed by atoms with Crippen LogP contribution in [0.4, 0.5) is 0 Å². The van der Waals surface area contributed by atoms with Crippen molar-refractivity contribution in [2.24, 2.45) is 16.2 Å². The van der Waals surface area contributed by atoms with Gasteiger partial charge < -0.3 is 29.7 Å². The zero-order valence-corrected chi connectivity index (χ0v) is 33.2. The smallest absolute Gasteiger partial charge is 0.550 e. The fourth-order valence-electron chi connectivity index (χ4n) is 4.36. The molecule has 7 heteroatoms. The van der Waals surface area contributed by atoms with Gasteiger partial charge in [0.2, 0.25) is 0 Å². The molecule has 6 nitrogen and oxygen atoms in total. The molecule has 0 atom stereocenters. The van der Waals surface area contributed by atoms with Gasteiger partial charge in [-0.25, -0.2) is 0 Å². The molecular weight excluding hydrogens is 737 g/mol. The van der Waals surface area contributed by atoms with Gasteiger partial charge in [-0.1, -0.05) is 139 Å². The number of carbonyl (C=O) groups excluding carboxylic acids is 3. The number of hydrogen-bond donors (Lipinski definition) is 0. The van der Waals surface area contributed by atoms with Crippen LogP contribution in [-0.4, -0.2) is 44.1 Å². The van der Waals surface area contributed by atoms with Gasteiger partial charge in [-0.3, -0.25) is 0 Å². The minimum Gasteiger partial charge on any atom is -0.550 e. The van der Waals surface area contributed by atoms with E-state index in [0.717, 1.165) is 57.8 Å². The number of aliphatic carboxylic acids is 3. The average molecular weight is 807 g/mol. The van der Waals surface area contributed by atoms with Crippen LogP contribution in [0.1, 0.15) is 197 Å². The van der Waals surface area contributed by atoms with Crippen molar-refractivity contribution in [2.45, 2.75) is 197 Å². The van der Waals surface area contributed by atoms with E-state index in [9.17, 15) is 29.7 Å². The summed E-state index contributed by atoms with van der Waals surface area (Å²) in [5.41, 5.74) is 1.31. The zero-order chi connectivity index (χ0) is 33.1. The van der Waals surface area contributed by atoms with Crippen LogP contribution >= 0.6 is 0 Å². The molecule has 0 N–H and O–H groups in total. The summed E-state index contributed by atoms with van der Waals surface area (Å²) in [7, 11) is 0. The van der Waals surface area contributed by atoms with Crippen molar-refractivity contribution < 1.29 is 29.7 Å². The molecule has 0 aliphatic rings. The Kier molecular flexibility index (Phi) is 34.3. The molecule has 0 aromatic rings. The summed E-state index contributed by atoms with van der Waals surface area (Å²) in [6.07, 6.45) is 20.8. The molecule has 0 saturated heterocycles. The Balaban J connectivity index is -0.000000262. The minimum atomic E-state index is -0.917. The van der Waals surface area contributed by atoms with Crippen LogP contribution in [0.3, 0.4) is 0 Å². The molecule has 0 aliphatic carbocycles. The first-order valence-electron chi connectivity index (χ1n) is 16.8. The summed E-state index contributed by atoms with van der Waals surface area (Å²) in [5.74, 6) is -2.75. The molecule has 254 valence electrons. The van der Waals surface area contributed by atoms with E-state index in [4.69, 9.17) is 0 Å². The number of unbranched alkanes of at least 4 members (excludes halogenated alkanes) is 12. The summed E-state index contributed by atoms with van der Waals surface area (Å²) in [6, 6.07) is 0. The van der Waals surface area contributed by atoms with Crippen molar-refractivity contribution in [3.05, 3.63) is 0 Å². The number of carbonyl (C=O) groups is 3. The van der Waals surface area contributed by atoms with Crippen LogP contribution in [-0.2, 0) is 14.4 Å². The van der Waals surface area contributed by atoms with Gasteiger partial charge in [-0.2, -0.15) is 0 Å². The van der Waals surface area contributed by atoms with Crippen LogP contribution in [0.2, 0.25) is 0 Å². The fraction of sp³-hybridized carbons (Fsp3) is 0.917. The molecular formula is C36H69BiO6. The first-order valence-corrected chi connectivity index (χ1v) is 16.8. The van der Waals surface area contributed by atoms with Crippen molar-refractivity contribution in [3.8, 4) is 0 Å². The summed E-state index contributed by atoms with van der Waals surface area (Å²) in [6.45, 7) is 20.3. The largest absolute Gasteiger partial charge is 3.00 e. The second-order valence-corrected chi connectivity index (χ2v) is 15.6. The van der Waals surface area contributed by atoms with Gasteiger partial charge in [0.25, 0.3) is 0 Å². The van der Waals surface area contributed by atoms with E-state index in [1.54, 1.807) is 0 Å². The summed E-state index contributed by atoms with van der Waals surface area (Å²) >= 11 is 0. The number of rotatable bonds is 21. The Morgan fingerprint density at radius 2 is 0.512 bits per heavy atom. The monoisotopic (exact) mass is 806 g/mol. The molecule has 0 rings (SSSR count). The van der Waals surface area contributed by atoms with Crippen LogP contribution in [0.5, 0.6) is 0 Å². The van der Waals surface area contributed by atoms with E-state index < -0.39 is 17.9 Å². The fourth-order valence-corrected chi connectivity index (χ4v) is 4.36. The van der Waals surface area contributed by atoms with Crippen molar-refractivity contribution in [2.75, 3.05) is 0 Å². The van der Waals surface area contributed by atoms with E-state index in [2.05, 4.69) is 62.3 Å². The average Bonchev–Trinajstić information content (AvgIpc) is 2.80. The molecule has 43 heavy (non-hydrogen) atoms. The third-order valence-electron chi connectivity index (χ3n) is 6.92. The number of hydrogen-bond acceptors (Lipinski definition) is 6. The van der Waals surface area contributed by atoms with Gasteiger partial charge >= 0.3 is 26.2 Å². The standard InChI is InChI=1S/3C12H24O2.Bi/c3*1-12(2,3)10-8-6-4-5-7-9-11(13)14;/h3*4-10H2,1-3H3,(H,13,14);/q;;;+3/p-3. The minimum absolute atomic E-state index is 0. The Bertz CT molecular complexity index is 566. The van der Waals surface area contributed by atoms with Crippen molar-refractivity contribution in [3.63, 3.8) is 0 Å². The normalized spacial score (nSPS) is 11.4. The van der Waals surface area contributed by atoms with Gasteiger partial charge in [0.1, 0.15) is 0 Å². The summed E-state index contributed by atoms with van der Waals surface area (Å²) in [4.78, 5) is 30.3. The maximum Gasteiger partial charge on any atom is 3.00 e. The zero-order valence-electron chi connectivity index (χ0n) is 29.7. The van der Waals surface area contributed by atoms with Crippen molar-refractivity contribution >= 4 is 44.1 Å². The molecule has 0 aromatic heterocycles. The van der Waals surface area contributed by atoms with Crippen LogP contribution < -0.4 is 15.3 Å². The first kappa shape index (κ1) is 49.2. The van der Waals surface area contributed by atoms with Gasteiger partial charge in [0, 0.05) is 17.9 Å². The van der Waals surface area contributed by atoms with Crippen molar-refractivity contribution in [1.29, 1.82) is 0 Å². The Labute approximate surface area is 286 Å². The molecule has 0 amide bonds. The van der Waals surface area contributed by atoms with Crippen LogP contribution in [0.15, 0.2) is 0 Å². The van der Waals surface area contributed by atoms with Crippen LogP contribution in [0.25, 0.3) is 0 Å². The van der Waals surface area contributed by atoms with E-state index >= 15 is 0 Å². The predicted molar refractivity (Wildman–Crippen MR) is 176 cm³/mol. The Morgan fingerprint density at radius 1 is 0.349 bits per heavy atom. The molecule has 2 radical (unpaired) electrons. The Morgan fingerprint density at radius 3 is 0.674 bits per heavy atom. The third kappa shape index (κ3) is 61.1. The molecule has 0 saturated carbocycles. The molecule has 0 unspecified atom stereocenters. The van der Waals surface area contributed by atoms with E-state index in [1.807, 2.05) is 0 Å². The molecule has 0 heterocycles. The Hall–Kier alpha value is -0.707. The second-order valence-electron chi connectivity index (χ2n) is 15.6. The predicted octanol–water partition coefficient (Wildman–Crippen LogP) is 7.16. The molecule has 0 bridgehead atoms. The van der Waals surface area contributed by atoms with E-state index in [1.165, 1.54) is 57.8 Å². The second kappa shape index (κ2) is 30.0. The number of carboxylic acids is 3. The van der Waals surface area contributed by atoms with Crippen molar-refractivity contribution in [1.82, 2.24) is 0 Å².